The van der Waals surface area contributed by atoms with Crippen LogP contribution in [0.5, 0.6) is 0 Å². The number of carbonyl (C=O) groups excluding carboxylic acids is 3. The minimum Gasteiger partial charge on any atom is -0.481 e. The molecule has 0 aromatic rings. The number of aliphatic hydroxyl groups is 1. The Kier molecular flexibility index (Phi) is 12.2. The molecule has 6 aliphatic carbocycles. The number of allylic oxidation sites excluding steroid dienone is 1. The van der Waals surface area contributed by atoms with Crippen molar-refractivity contribution < 1.29 is 34.1 Å². The molecule has 5 saturated carbocycles. The smallest absolute Gasteiger partial charge is 0.309 e. The predicted molar refractivity (Wildman–Crippen MR) is 223 cm³/mol. The fraction of sp³-hybridized carbons (Fsp3) is 0.875. The number of fused-ring (bicyclic) bond motifs is 7. The summed E-state index contributed by atoms with van der Waals surface area (Å²) in [6, 6.07) is 0. The summed E-state index contributed by atoms with van der Waals surface area (Å²) >= 11 is 0. The van der Waals surface area contributed by atoms with Crippen LogP contribution in [0.3, 0.4) is 0 Å². The molecule has 0 radical (unpaired) electrons. The first-order valence-electron chi connectivity index (χ1n) is 22.8. The minimum absolute atomic E-state index is 0.0127. The quantitative estimate of drug-likeness (QED) is 0.188. The largest absolute Gasteiger partial charge is 0.481 e. The van der Waals surface area contributed by atoms with Gasteiger partial charge in [0.1, 0.15) is 6.10 Å². The van der Waals surface area contributed by atoms with Gasteiger partial charge < -0.3 is 24.7 Å². The van der Waals surface area contributed by atoms with Crippen molar-refractivity contribution in [3.63, 3.8) is 0 Å². The molecule has 6 rings (SSSR count). The van der Waals surface area contributed by atoms with E-state index in [1.807, 2.05) is 19.0 Å². The Balaban J connectivity index is 1.29. The van der Waals surface area contributed by atoms with Crippen LogP contribution in [0, 0.1) is 62.1 Å². The van der Waals surface area contributed by atoms with Crippen molar-refractivity contribution in [3.05, 3.63) is 11.1 Å². The molecule has 9 heteroatoms. The van der Waals surface area contributed by atoms with Gasteiger partial charge in [-0.15, -0.1) is 0 Å². The molecule has 0 saturated heterocycles. The van der Waals surface area contributed by atoms with Crippen LogP contribution in [-0.4, -0.2) is 89.6 Å². The van der Waals surface area contributed by atoms with Gasteiger partial charge in [0, 0.05) is 42.8 Å². The number of ketones is 1. The fourth-order valence-corrected chi connectivity index (χ4v) is 14.5. The van der Waals surface area contributed by atoms with Gasteiger partial charge in [0.05, 0.1) is 17.9 Å². The zero-order chi connectivity index (χ0) is 42.1. The maximum absolute atomic E-state index is 14.3. The lowest BCUT2D eigenvalue weighted by Gasteiger charge is -2.72. The van der Waals surface area contributed by atoms with Crippen molar-refractivity contribution in [2.75, 3.05) is 33.7 Å². The van der Waals surface area contributed by atoms with Gasteiger partial charge in [0.2, 0.25) is 5.91 Å². The summed E-state index contributed by atoms with van der Waals surface area (Å²) < 4.78 is 6.19. The zero-order valence-electron chi connectivity index (χ0n) is 37.6. The molecule has 0 aromatic heterocycles. The molecular formula is C48H78N2O7. The number of rotatable bonds is 12. The van der Waals surface area contributed by atoms with Crippen LogP contribution >= 0.6 is 0 Å². The Labute approximate surface area is 344 Å². The monoisotopic (exact) mass is 795 g/mol. The molecule has 0 heterocycles. The van der Waals surface area contributed by atoms with Gasteiger partial charge in [-0.2, -0.15) is 0 Å². The number of hydrogen-bond acceptors (Lipinski definition) is 7. The van der Waals surface area contributed by atoms with E-state index < -0.39 is 28.9 Å². The lowest BCUT2D eigenvalue weighted by atomic mass is 9.33. The summed E-state index contributed by atoms with van der Waals surface area (Å²) in [5, 5.41) is 22.3. The molecule has 0 unspecified atom stereocenters. The number of ether oxygens (including phenoxy) is 1. The summed E-state index contributed by atoms with van der Waals surface area (Å²) in [6.45, 7) is 21.2. The Morgan fingerprint density at radius 3 is 2.12 bits per heavy atom. The van der Waals surface area contributed by atoms with Gasteiger partial charge >= 0.3 is 11.9 Å². The highest BCUT2D eigenvalue weighted by molar-refractivity contribution is 6.00. The third-order valence-electron chi connectivity index (χ3n) is 18.0. The number of Topliss-reactive ketones (excluding diaryl/α,β-unsaturated/α-hetero) is 1. The Morgan fingerprint density at radius 2 is 1.51 bits per heavy atom. The first-order valence-corrected chi connectivity index (χ1v) is 22.8. The van der Waals surface area contributed by atoms with Crippen LogP contribution in [0.15, 0.2) is 11.1 Å². The summed E-state index contributed by atoms with van der Waals surface area (Å²) in [4.78, 5) is 57.5. The van der Waals surface area contributed by atoms with Crippen LogP contribution in [0.1, 0.15) is 159 Å². The highest BCUT2D eigenvalue weighted by atomic mass is 16.5. The molecule has 5 fully saturated rings. The van der Waals surface area contributed by atoms with Crippen molar-refractivity contribution in [3.8, 4) is 0 Å². The van der Waals surface area contributed by atoms with Gasteiger partial charge in [-0.1, -0.05) is 73.3 Å². The number of carbonyl (C=O) groups is 4. The summed E-state index contributed by atoms with van der Waals surface area (Å²) in [6.07, 6.45) is 11.9. The molecule has 9 atom stereocenters. The second-order valence-corrected chi connectivity index (χ2v) is 22.5. The number of aliphatic carboxylic acids is 1. The first kappa shape index (κ1) is 44.3. The van der Waals surface area contributed by atoms with E-state index in [2.05, 4.69) is 53.4 Å². The molecule has 2 N–H and O–H groups in total. The van der Waals surface area contributed by atoms with Crippen LogP contribution in [0.2, 0.25) is 0 Å². The highest BCUT2D eigenvalue weighted by Crippen LogP contribution is 2.77. The van der Waals surface area contributed by atoms with Crippen molar-refractivity contribution in [1.29, 1.82) is 0 Å². The Hall–Kier alpha value is -2.26. The van der Waals surface area contributed by atoms with E-state index in [-0.39, 0.29) is 70.2 Å². The molecule has 0 spiro atoms. The molecule has 6 aliphatic rings. The van der Waals surface area contributed by atoms with Crippen LogP contribution in [-0.2, 0) is 23.9 Å². The SMILES string of the molecule is CC(C)C1=C2[C@H]3CC[C@@H]4[C@@]5(C)CC[C@H](OC(=O)CC(C)(C)C(=O)O)C(C)(C)[C@@H]5CC[C@@]4(C)[C@]3(C)CC[C@@]2([C@H](O)CN(CCN(C)C)C(=O)C2CCCCC2)CC1=O. The van der Waals surface area contributed by atoms with Crippen molar-refractivity contribution in [2.24, 2.45) is 62.1 Å². The van der Waals surface area contributed by atoms with Gasteiger partial charge in [0.15, 0.2) is 5.78 Å². The number of nitrogens with zero attached hydrogens (tertiary/aromatic N) is 2. The lowest BCUT2D eigenvalue weighted by molar-refractivity contribution is -0.235. The second kappa shape index (κ2) is 15.6. The fourth-order valence-electron chi connectivity index (χ4n) is 14.5. The minimum atomic E-state index is -1.18. The molecule has 1 amide bonds. The van der Waals surface area contributed by atoms with E-state index in [1.165, 1.54) is 12.0 Å². The third-order valence-corrected chi connectivity index (χ3v) is 18.0. The van der Waals surface area contributed by atoms with Crippen molar-refractivity contribution in [2.45, 2.75) is 171 Å². The van der Waals surface area contributed by atoms with E-state index in [0.29, 0.717) is 24.8 Å². The van der Waals surface area contributed by atoms with E-state index in [9.17, 15) is 29.4 Å². The third kappa shape index (κ3) is 7.37. The Morgan fingerprint density at radius 1 is 0.842 bits per heavy atom. The number of carboxylic acid groups (broad SMARTS) is 1. The van der Waals surface area contributed by atoms with Crippen molar-refractivity contribution >= 4 is 23.6 Å². The summed E-state index contributed by atoms with van der Waals surface area (Å²) in [5.74, 6) is 0.0470. The number of hydrogen-bond donors (Lipinski definition) is 2. The number of esters is 1. The van der Waals surface area contributed by atoms with Gasteiger partial charge in [0.25, 0.3) is 0 Å². The van der Waals surface area contributed by atoms with E-state index in [0.717, 1.165) is 89.2 Å². The number of likely N-dealkylation sites (N-methyl/N-ethyl adjacent to an activating group) is 1. The van der Waals surface area contributed by atoms with Gasteiger partial charge in [-0.25, -0.2) is 0 Å². The van der Waals surface area contributed by atoms with Gasteiger partial charge in [-0.05, 0) is 138 Å². The zero-order valence-corrected chi connectivity index (χ0v) is 37.6. The predicted octanol–water partition coefficient (Wildman–Crippen LogP) is 8.71. The lowest BCUT2D eigenvalue weighted by Crippen LogP contribution is -2.66. The van der Waals surface area contributed by atoms with Crippen molar-refractivity contribution in [1.82, 2.24) is 9.80 Å². The standard InChI is InChI=1S/C48H78N2O7/c1-30(2)39-33(51)27-48(36(52)29-50(26-25-49(10)11)41(54)31-15-13-12-14-16-31)24-23-46(8)32(40(39)48)17-18-35-45(7)21-20-37(57-38(53)28-43(3,4)42(55)56)44(5,6)34(45)19-22-47(35,46)9/h30-32,34-37,52H,12-29H2,1-11H3,(H,55,56)/t32-,34+,35-,36-,37+,45+,46-,47-,48+/m1/s1. The second-order valence-electron chi connectivity index (χ2n) is 22.5. The molecular weight excluding hydrogens is 717 g/mol. The average molecular weight is 795 g/mol. The molecule has 0 bridgehead atoms. The first-order chi connectivity index (χ1) is 26.5. The van der Waals surface area contributed by atoms with Crippen LogP contribution < -0.4 is 0 Å². The maximum Gasteiger partial charge on any atom is 0.309 e. The normalized spacial score (nSPS) is 37.3. The van der Waals surface area contributed by atoms with E-state index in [1.54, 1.807) is 13.8 Å². The summed E-state index contributed by atoms with van der Waals surface area (Å²) in [7, 11) is 4.06. The number of amides is 1. The van der Waals surface area contributed by atoms with Crippen LogP contribution in [0.4, 0.5) is 0 Å². The van der Waals surface area contributed by atoms with E-state index in [4.69, 9.17) is 4.74 Å². The highest BCUT2D eigenvalue weighted by Gasteiger charge is 2.71. The van der Waals surface area contributed by atoms with Gasteiger partial charge in [-0.3, -0.25) is 19.2 Å². The van der Waals surface area contributed by atoms with E-state index >= 15 is 0 Å². The average Bonchev–Trinajstić information content (AvgIpc) is 3.44. The molecule has 57 heavy (non-hydrogen) atoms. The molecule has 9 nitrogen and oxygen atoms in total. The topological polar surface area (TPSA) is 124 Å². The maximum atomic E-state index is 14.3. The summed E-state index contributed by atoms with van der Waals surface area (Å²) in [5.41, 5.74) is 0.103. The van der Waals surface area contributed by atoms with Crippen LogP contribution in [0.25, 0.3) is 0 Å². The molecule has 0 aromatic carbocycles. The number of aliphatic hydroxyl groups excluding tert-OH is 1. The number of carboxylic acids is 1. The molecule has 322 valence electrons. The Bertz CT molecular complexity index is 1610. The molecule has 0 aliphatic heterocycles.